The lowest BCUT2D eigenvalue weighted by Crippen LogP contribution is -2.45. The Kier molecular flexibility index (Phi) is 5.79. The van der Waals surface area contributed by atoms with Gasteiger partial charge in [0.25, 0.3) is 5.69 Å². The Labute approximate surface area is 175 Å². The first kappa shape index (κ1) is 21.0. The van der Waals surface area contributed by atoms with Crippen LogP contribution in [0.3, 0.4) is 0 Å². The summed E-state index contributed by atoms with van der Waals surface area (Å²) in [6.45, 7) is 7.57. The van der Waals surface area contributed by atoms with E-state index >= 15 is 0 Å². The Hall–Kier alpha value is -2.68. The van der Waals surface area contributed by atoms with E-state index in [1.807, 2.05) is 32.7 Å². The van der Waals surface area contributed by atoms with Gasteiger partial charge in [0.15, 0.2) is 5.11 Å². The van der Waals surface area contributed by atoms with Crippen LogP contribution in [0.25, 0.3) is 5.70 Å². The normalized spacial score (nSPS) is 17.7. The van der Waals surface area contributed by atoms with E-state index in [9.17, 15) is 14.9 Å². The molecule has 1 saturated heterocycles. The summed E-state index contributed by atoms with van der Waals surface area (Å²) in [5.41, 5.74) is 1.40. The van der Waals surface area contributed by atoms with Gasteiger partial charge < -0.3 is 19.9 Å². The number of nitro groups is 1. The molecule has 156 valence electrons. The fourth-order valence-electron chi connectivity index (χ4n) is 3.74. The molecule has 1 amide bonds. The Morgan fingerprint density at radius 1 is 1.45 bits per heavy atom. The zero-order valence-electron chi connectivity index (χ0n) is 17.2. The van der Waals surface area contributed by atoms with Gasteiger partial charge in [-0.15, -0.1) is 0 Å². The maximum absolute atomic E-state index is 12.6. The Balaban J connectivity index is 2.18. The van der Waals surface area contributed by atoms with E-state index < -0.39 is 10.5 Å². The minimum Gasteiger partial charge on any atom is -0.483 e. The summed E-state index contributed by atoms with van der Waals surface area (Å²) in [6.07, 6.45) is 1.22. The lowest BCUT2D eigenvalue weighted by molar-refractivity contribution is -0.384. The van der Waals surface area contributed by atoms with Crippen molar-refractivity contribution in [2.24, 2.45) is 0 Å². The minimum absolute atomic E-state index is 0.0181. The molecule has 0 aromatic heterocycles. The van der Waals surface area contributed by atoms with Crippen molar-refractivity contribution in [2.45, 2.75) is 39.2 Å². The SMILES string of the molecule is CCNC(=S)N(C)CC1=C(N2CCCC2=O)c2cc([N+](=O)[O-])ccc2OC1(C)C. The molecular weight excluding hydrogens is 392 g/mol. The molecule has 0 aliphatic carbocycles. The zero-order chi connectivity index (χ0) is 21.3. The van der Waals surface area contributed by atoms with Gasteiger partial charge in [0.05, 0.1) is 10.6 Å². The molecule has 9 heteroatoms. The van der Waals surface area contributed by atoms with Gasteiger partial charge in [0, 0.05) is 56.4 Å². The summed E-state index contributed by atoms with van der Waals surface area (Å²) in [5.74, 6) is 0.556. The average molecular weight is 419 g/mol. The lowest BCUT2D eigenvalue weighted by Gasteiger charge is -2.41. The molecule has 1 aromatic carbocycles. The molecule has 2 heterocycles. The molecule has 0 spiro atoms. The van der Waals surface area contributed by atoms with Crippen LogP contribution < -0.4 is 10.1 Å². The second-order valence-corrected chi connectivity index (χ2v) is 8.10. The highest BCUT2D eigenvalue weighted by atomic mass is 32.1. The van der Waals surface area contributed by atoms with Crippen LogP contribution in [0.5, 0.6) is 5.75 Å². The molecule has 1 N–H and O–H groups in total. The average Bonchev–Trinajstić information content (AvgIpc) is 3.07. The fraction of sp³-hybridized carbons (Fsp3) is 0.500. The smallest absolute Gasteiger partial charge is 0.270 e. The minimum atomic E-state index is -0.711. The largest absolute Gasteiger partial charge is 0.483 e. The molecular formula is C20H26N4O4S. The maximum Gasteiger partial charge on any atom is 0.270 e. The van der Waals surface area contributed by atoms with Crippen LogP contribution in [-0.2, 0) is 4.79 Å². The lowest BCUT2D eigenvalue weighted by atomic mass is 9.88. The second-order valence-electron chi connectivity index (χ2n) is 7.72. The summed E-state index contributed by atoms with van der Waals surface area (Å²) >= 11 is 5.43. The van der Waals surface area contributed by atoms with Crippen molar-refractivity contribution in [1.29, 1.82) is 0 Å². The van der Waals surface area contributed by atoms with Gasteiger partial charge in [-0.2, -0.15) is 0 Å². The van der Waals surface area contributed by atoms with E-state index in [-0.39, 0.29) is 11.6 Å². The fourth-order valence-corrected chi connectivity index (χ4v) is 3.95. The van der Waals surface area contributed by atoms with Gasteiger partial charge in [-0.1, -0.05) is 0 Å². The number of thiocarbonyl (C=S) groups is 1. The number of rotatable bonds is 5. The molecule has 0 saturated carbocycles. The van der Waals surface area contributed by atoms with Crippen molar-refractivity contribution in [3.63, 3.8) is 0 Å². The number of non-ortho nitro benzene ring substituents is 1. The van der Waals surface area contributed by atoms with Gasteiger partial charge in [-0.25, -0.2) is 0 Å². The number of likely N-dealkylation sites (N-methyl/N-ethyl adjacent to an activating group) is 1. The predicted molar refractivity (Wildman–Crippen MR) is 115 cm³/mol. The maximum atomic E-state index is 12.6. The van der Waals surface area contributed by atoms with Crippen molar-refractivity contribution in [3.05, 3.63) is 39.4 Å². The predicted octanol–water partition coefficient (Wildman–Crippen LogP) is 2.93. The third kappa shape index (κ3) is 4.05. The van der Waals surface area contributed by atoms with Gasteiger partial charge >= 0.3 is 0 Å². The van der Waals surface area contributed by atoms with Crippen LogP contribution >= 0.6 is 12.2 Å². The van der Waals surface area contributed by atoms with Crippen LogP contribution in [0.2, 0.25) is 0 Å². The molecule has 2 aliphatic rings. The van der Waals surface area contributed by atoms with E-state index in [0.29, 0.717) is 48.2 Å². The number of carbonyl (C=O) groups excluding carboxylic acids is 1. The summed E-state index contributed by atoms with van der Waals surface area (Å²) in [7, 11) is 1.88. The highest BCUT2D eigenvalue weighted by molar-refractivity contribution is 7.80. The van der Waals surface area contributed by atoms with Crippen LogP contribution in [-0.4, -0.2) is 58.0 Å². The van der Waals surface area contributed by atoms with Crippen LogP contribution in [0.4, 0.5) is 5.69 Å². The van der Waals surface area contributed by atoms with E-state index in [1.165, 1.54) is 12.1 Å². The zero-order valence-corrected chi connectivity index (χ0v) is 18.0. The van der Waals surface area contributed by atoms with E-state index in [0.717, 1.165) is 12.0 Å². The summed E-state index contributed by atoms with van der Waals surface area (Å²) < 4.78 is 6.22. The van der Waals surface area contributed by atoms with Crippen LogP contribution in [0, 0.1) is 10.1 Å². The highest BCUT2D eigenvalue weighted by Crippen LogP contribution is 2.45. The van der Waals surface area contributed by atoms with Crippen molar-refractivity contribution in [1.82, 2.24) is 15.1 Å². The van der Waals surface area contributed by atoms with Crippen molar-refractivity contribution >= 4 is 34.6 Å². The molecule has 1 fully saturated rings. The van der Waals surface area contributed by atoms with E-state index in [1.54, 1.807) is 11.0 Å². The number of fused-ring (bicyclic) bond motifs is 1. The van der Waals surface area contributed by atoms with Gasteiger partial charge in [0.2, 0.25) is 5.91 Å². The monoisotopic (exact) mass is 418 g/mol. The third-order valence-electron chi connectivity index (χ3n) is 5.22. The van der Waals surface area contributed by atoms with Crippen LogP contribution in [0.1, 0.15) is 39.2 Å². The molecule has 0 atom stereocenters. The molecule has 8 nitrogen and oxygen atoms in total. The number of nitrogens with one attached hydrogen (secondary N) is 1. The van der Waals surface area contributed by atoms with Gasteiger partial charge in [-0.3, -0.25) is 14.9 Å². The molecule has 0 radical (unpaired) electrons. The number of ether oxygens (including phenoxy) is 1. The summed E-state index contributed by atoms with van der Waals surface area (Å²) in [4.78, 5) is 27.2. The summed E-state index contributed by atoms with van der Waals surface area (Å²) in [6, 6.07) is 4.53. The Bertz CT molecular complexity index is 896. The molecule has 0 unspecified atom stereocenters. The second kappa shape index (κ2) is 7.98. The molecule has 29 heavy (non-hydrogen) atoms. The quantitative estimate of drug-likeness (QED) is 0.447. The van der Waals surface area contributed by atoms with Crippen LogP contribution in [0.15, 0.2) is 23.8 Å². The first-order chi connectivity index (χ1) is 13.7. The molecule has 0 bridgehead atoms. The standard InChI is InChI=1S/C20H26N4O4S/c1-5-21-19(29)22(4)12-15-18(23-10-6-7-17(23)25)14-11-13(24(26)27)8-9-16(14)28-20(15,2)3/h8-9,11H,5-7,10,12H2,1-4H3,(H,21,29). The summed E-state index contributed by atoms with van der Waals surface area (Å²) in [5, 5.41) is 15.1. The number of amides is 1. The first-order valence-electron chi connectivity index (χ1n) is 9.66. The van der Waals surface area contributed by atoms with Gasteiger partial charge in [0.1, 0.15) is 11.4 Å². The molecule has 1 aromatic rings. The van der Waals surface area contributed by atoms with E-state index in [4.69, 9.17) is 17.0 Å². The number of nitrogens with zero attached hydrogens (tertiary/aromatic N) is 3. The van der Waals surface area contributed by atoms with Crippen molar-refractivity contribution < 1.29 is 14.5 Å². The molecule has 2 aliphatic heterocycles. The molecule has 3 rings (SSSR count). The number of hydrogen-bond donors (Lipinski definition) is 1. The van der Waals surface area contributed by atoms with Gasteiger partial charge in [-0.05, 0) is 45.5 Å². The number of likely N-dealkylation sites (tertiary alicyclic amines) is 1. The third-order valence-corrected chi connectivity index (χ3v) is 5.68. The number of benzene rings is 1. The number of hydrogen-bond acceptors (Lipinski definition) is 5. The van der Waals surface area contributed by atoms with Crippen molar-refractivity contribution in [2.75, 3.05) is 26.7 Å². The highest BCUT2D eigenvalue weighted by Gasteiger charge is 2.40. The van der Waals surface area contributed by atoms with E-state index in [2.05, 4.69) is 5.32 Å². The number of carbonyl (C=O) groups is 1. The topological polar surface area (TPSA) is 88.0 Å². The van der Waals surface area contributed by atoms with Crippen molar-refractivity contribution in [3.8, 4) is 5.75 Å². The Morgan fingerprint density at radius 3 is 2.76 bits per heavy atom. The Morgan fingerprint density at radius 2 is 2.17 bits per heavy atom. The first-order valence-corrected chi connectivity index (χ1v) is 10.1. The number of nitro benzene ring substituents is 1.